The molecule has 23 heavy (non-hydrogen) atoms. The molecular weight excluding hydrogens is 332 g/mol. The third-order valence-electron chi connectivity index (χ3n) is 3.47. The lowest BCUT2D eigenvalue weighted by Gasteiger charge is -2.19. The number of aryl methyl sites for hydroxylation is 1. The molecule has 132 valence electrons. The molecule has 6 nitrogen and oxygen atoms in total. The van der Waals surface area contributed by atoms with Gasteiger partial charge in [0.2, 0.25) is 10.0 Å². The van der Waals surface area contributed by atoms with Crippen molar-refractivity contribution in [3.63, 3.8) is 0 Å². The number of sulfonamides is 1. The SMILES string of the molecule is CCc1ccc(CNC(=NC)NCCS(=O)(=O)N(CC)CC)s1. The first-order valence-corrected chi connectivity index (χ1v) is 10.4. The number of guanidine groups is 1. The number of rotatable bonds is 9. The highest BCUT2D eigenvalue weighted by Gasteiger charge is 2.18. The Morgan fingerprint density at radius 1 is 1.17 bits per heavy atom. The molecule has 1 rings (SSSR count). The molecule has 1 heterocycles. The van der Waals surface area contributed by atoms with Crippen LogP contribution in [0.3, 0.4) is 0 Å². The smallest absolute Gasteiger partial charge is 0.215 e. The van der Waals surface area contributed by atoms with Crippen LogP contribution >= 0.6 is 11.3 Å². The van der Waals surface area contributed by atoms with E-state index in [1.165, 1.54) is 14.1 Å². The zero-order valence-corrected chi connectivity index (χ0v) is 16.1. The van der Waals surface area contributed by atoms with Gasteiger partial charge < -0.3 is 10.6 Å². The molecule has 0 amide bonds. The highest BCUT2D eigenvalue weighted by molar-refractivity contribution is 7.89. The molecule has 0 saturated carbocycles. The molecule has 0 unspecified atom stereocenters. The second-order valence-electron chi connectivity index (χ2n) is 4.97. The summed E-state index contributed by atoms with van der Waals surface area (Å²) in [4.78, 5) is 6.72. The van der Waals surface area contributed by atoms with Crippen molar-refractivity contribution >= 4 is 27.3 Å². The van der Waals surface area contributed by atoms with Gasteiger partial charge in [-0.25, -0.2) is 12.7 Å². The van der Waals surface area contributed by atoms with E-state index in [-0.39, 0.29) is 5.75 Å². The van der Waals surface area contributed by atoms with Gasteiger partial charge in [-0.2, -0.15) is 0 Å². The van der Waals surface area contributed by atoms with E-state index in [4.69, 9.17) is 0 Å². The quantitative estimate of drug-likeness (QED) is 0.519. The van der Waals surface area contributed by atoms with Crippen molar-refractivity contribution in [2.45, 2.75) is 33.7 Å². The number of nitrogens with one attached hydrogen (secondary N) is 2. The largest absolute Gasteiger partial charge is 0.355 e. The first kappa shape index (κ1) is 19.9. The van der Waals surface area contributed by atoms with Crippen molar-refractivity contribution in [3.05, 3.63) is 21.9 Å². The number of aliphatic imine (C=N–C) groups is 1. The summed E-state index contributed by atoms with van der Waals surface area (Å²) in [6, 6.07) is 4.24. The van der Waals surface area contributed by atoms with Crippen LogP contribution in [0.5, 0.6) is 0 Å². The molecule has 0 saturated heterocycles. The number of thiophene rings is 1. The fraction of sp³-hybridized carbons (Fsp3) is 0.667. The number of hydrogen-bond donors (Lipinski definition) is 2. The Hall–Kier alpha value is -1.12. The maximum absolute atomic E-state index is 12.1. The minimum absolute atomic E-state index is 0.0639. The van der Waals surface area contributed by atoms with E-state index >= 15 is 0 Å². The molecule has 8 heteroatoms. The maximum Gasteiger partial charge on any atom is 0.215 e. The topological polar surface area (TPSA) is 73.8 Å². The highest BCUT2D eigenvalue weighted by Crippen LogP contribution is 2.16. The van der Waals surface area contributed by atoms with Gasteiger partial charge in [0, 0.05) is 36.4 Å². The zero-order valence-electron chi connectivity index (χ0n) is 14.4. The molecule has 0 atom stereocenters. The maximum atomic E-state index is 12.1. The van der Waals surface area contributed by atoms with Crippen molar-refractivity contribution in [2.24, 2.45) is 4.99 Å². The standard InChI is InChI=1S/C15H28N4O2S2/c1-5-13-8-9-14(22-13)12-18-15(16-4)17-10-11-23(20,21)19(6-2)7-3/h8-9H,5-7,10-12H2,1-4H3,(H2,16,17,18). The molecule has 0 radical (unpaired) electrons. The summed E-state index contributed by atoms with van der Waals surface area (Å²) >= 11 is 1.78. The van der Waals surface area contributed by atoms with Gasteiger partial charge >= 0.3 is 0 Å². The van der Waals surface area contributed by atoms with E-state index < -0.39 is 10.0 Å². The van der Waals surface area contributed by atoms with Crippen LogP contribution < -0.4 is 10.6 Å². The average molecular weight is 361 g/mol. The first-order chi connectivity index (χ1) is 11.0. The fourth-order valence-corrected chi connectivity index (χ4v) is 4.45. The molecule has 0 aliphatic heterocycles. The van der Waals surface area contributed by atoms with Crippen LogP contribution in [0.4, 0.5) is 0 Å². The third-order valence-corrected chi connectivity index (χ3v) is 6.72. The van der Waals surface area contributed by atoms with Gasteiger partial charge in [0.15, 0.2) is 5.96 Å². The third kappa shape index (κ3) is 6.48. The summed E-state index contributed by atoms with van der Waals surface area (Å²) < 4.78 is 25.7. The van der Waals surface area contributed by atoms with Crippen molar-refractivity contribution in [1.82, 2.24) is 14.9 Å². The fourth-order valence-electron chi connectivity index (χ4n) is 2.14. The van der Waals surface area contributed by atoms with Crippen molar-refractivity contribution < 1.29 is 8.42 Å². The summed E-state index contributed by atoms with van der Waals surface area (Å²) in [5, 5.41) is 6.26. The van der Waals surface area contributed by atoms with Crippen LogP contribution in [-0.4, -0.2) is 51.1 Å². The molecule has 0 aliphatic rings. The van der Waals surface area contributed by atoms with Crippen LogP contribution in [0.2, 0.25) is 0 Å². The van der Waals surface area contributed by atoms with E-state index in [2.05, 4.69) is 34.7 Å². The predicted octanol–water partition coefficient (Wildman–Crippen LogP) is 1.65. The number of hydrogen-bond acceptors (Lipinski definition) is 4. The summed E-state index contributed by atoms with van der Waals surface area (Å²) in [6.45, 7) is 7.87. The summed E-state index contributed by atoms with van der Waals surface area (Å²) in [5.74, 6) is 0.681. The van der Waals surface area contributed by atoms with E-state index in [1.807, 2.05) is 13.8 Å². The molecule has 0 spiro atoms. The molecule has 0 aliphatic carbocycles. The predicted molar refractivity (Wildman–Crippen MR) is 98.6 cm³/mol. The van der Waals surface area contributed by atoms with E-state index in [0.29, 0.717) is 32.1 Å². The summed E-state index contributed by atoms with van der Waals surface area (Å²) in [7, 11) is -1.52. The normalized spacial score (nSPS) is 12.7. The van der Waals surface area contributed by atoms with Crippen LogP contribution in [0.25, 0.3) is 0 Å². The Balaban J connectivity index is 2.42. The summed E-state index contributed by atoms with van der Waals surface area (Å²) in [5.41, 5.74) is 0. The highest BCUT2D eigenvalue weighted by atomic mass is 32.2. The van der Waals surface area contributed by atoms with Gasteiger partial charge in [0.1, 0.15) is 0 Å². The van der Waals surface area contributed by atoms with Crippen molar-refractivity contribution in [1.29, 1.82) is 0 Å². The van der Waals surface area contributed by atoms with Crippen LogP contribution in [0.1, 0.15) is 30.5 Å². The lowest BCUT2D eigenvalue weighted by molar-refractivity contribution is 0.445. The van der Waals surface area contributed by atoms with Gasteiger partial charge in [-0.3, -0.25) is 4.99 Å². The molecule has 0 bridgehead atoms. The Morgan fingerprint density at radius 2 is 1.83 bits per heavy atom. The van der Waals surface area contributed by atoms with Gasteiger partial charge in [0.05, 0.1) is 12.3 Å². The Kier molecular flexibility index (Phi) is 8.57. The van der Waals surface area contributed by atoms with E-state index in [1.54, 1.807) is 18.4 Å². The van der Waals surface area contributed by atoms with Crippen molar-refractivity contribution in [2.75, 3.05) is 32.4 Å². The number of nitrogens with zero attached hydrogens (tertiary/aromatic N) is 2. The minimum atomic E-state index is -3.20. The van der Waals surface area contributed by atoms with Crippen LogP contribution in [0.15, 0.2) is 17.1 Å². The Labute approximate surface area is 144 Å². The second kappa shape index (κ2) is 9.89. The lowest BCUT2D eigenvalue weighted by atomic mass is 10.4. The second-order valence-corrected chi connectivity index (χ2v) is 8.32. The molecule has 1 aromatic heterocycles. The molecule has 0 fully saturated rings. The average Bonchev–Trinajstić information content (AvgIpc) is 2.99. The minimum Gasteiger partial charge on any atom is -0.355 e. The van der Waals surface area contributed by atoms with Gasteiger partial charge in [-0.1, -0.05) is 20.8 Å². The Bertz CT molecular complexity index is 592. The Morgan fingerprint density at radius 3 is 2.35 bits per heavy atom. The van der Waals surface area contributed by atoms with Gasteiger partial charge in [-0.05, 0) is 18.6 Å². The van der Waals surface area contributed by atoms with Crippen molar-refractivity contribution in [3.8, 4) is 0 Å². The monoisotopic (exact) mass is 360 g/mol. The first-order valence-electron chi connectivity index (χ1n) is 7.96. The molecule has 0 aromatic carbocycles. The molecule has 2 N–H and O–H groups in total. The van der Waals surface area contributed by atoms with Gasteiger partial charge in [-0.15, -0.1) is 11.3 Å². The molecular formula is C15H28N4O2S2. The van der Waals surface area contributed by atoms with Crippen LogP contribution in [-0.2, 0) is 23.0 Å². The van der Waals surface area contributed by atoms with Crippen LogP contribution in [0, 0.1) is 0 Å². The zero-order chi connectivity index (χ0) is 17.3. The summed E-state index contributed by atoms with van der Waals surface area (Å²) in [6.07, 6.45) is 1.04. The van der Waals surface area contributed by atoms with Gasteiger partial charge in [0.25, 0.3) is 0 Å². The lowest BCUT2D eigenvalue weighted by Crippen LogP contribution is -2.41. The van der Waals surface area contributed by atoms with E-state index in [9.17, 15) is 8.42 Å². The van der Waals surface area contributed by atoms with E-state index in [0.717, 1.165) is 6.42 Å². The molecule has 1 aromatic rings.